The summed E-state index contributed by atoms with van der Waals surface area (Å²) in [5.74, 6) is -1.08. The smallest absolute Gasteiger partial charge is 0.307 e. The second-order valence-corrected chi connectivity index (χ2v) is 8.81. The van der Waals surface area contributed by atoms with Gasteiger partial charge in [0, 0.05) is 16.1 Å². The minimum absolute atomic E-state index is 0.101. The van der Waals surface area contributed by atoms with Crippen LogP contribution in [0.3, 0.4) is 0 Å². The lowest BCUT2D eigenvalue weighted by molar-refractivity contribution is -0.143. The van der Waals surface area contributed by atoms with Crippen LogP contribution in [0.25, 0.3) is 10.1 Å². The zero-order valence-corrected chi connectivity index (χ0v) is 16.9. The summed E-state index contributed by atoms with van der Waals surface area (Å²) in [6.45, 7) is 1.35. The van der Waals surface area contributed by atoms with Gasteiger partial charge < -0.3 is 5.11 Å². The highest BCUT2D eigenvalue weighted by molar-refractivity contribution is 7.19. The molecule has 2 aromatic carbocycles. The molecule has 140 valence electrons. The van der Waals surface area contributed by atoms with Gasteiger partial charge in [0.1, 0.15) is 0 Å². The van der Waals surface area contributed by atoms with Gasteiger partial charge in [-0.15, -0.1) is 11.3 Å². The summed E-state index contributed by atoms with van der Waals surface area (Å²) in [6.07, 6.45) is 1.57. The van der Waals surface area contributed by atoms with Gasteiger partial charge in [-0.25, -0.2) is 0 Å². The van der Waals surface area contributed by atoms with Crippen molar-refractivity contribution >= 4 is 50.6 Å². The third-order valence-corrected chi connectivity index (χ3v) is 7.16. The van der Waals surface area contributed by atoms with Crippen molar-refractivity contribution in [1.82, 2.24) is 4.90 Å². The highest BCUT2D eigenvalue weighted by atomic mass is 35.5. The van der Waals surface area contributed by atoms with Crippen molar-refractivity contribution in [3.05, 3.63) is 69.0 Å². The van der Waals surface area contributed by atoms with Crippen molar-refractivity contribution in [3.8, 4) is 0 Å². The molecule has 0 spiro atoms. The van der Waals surface area contributed by atoms with E-state index >= 15 is 0 Å². The molecule has 3 aromatic rings. The van der Waals surface area contributed by atoms with E-state index < -0.39 is 5.97 Å². The Kier molecular flexibility index (Phi) is 5.42. The Hall–Kier alpha value is -1.59. The Labute approximate surface area is 172 Å². The molecule has 0 saturated carbocycles. The molecule has 0 aliphatic carbocycles. The minimum atomic E-state index is -0.730. The van der Waals surface area contributed by atoms with Crippen LogP contribution in [-0.2, 0) is 4.79 Å². The summed E-state index contributed by atoms with van der Waals surface area (Å²) in [6, 6.07) is 16.0. The molecule has 1 aromatic heterocycles. The molecular formula is C21H19Cl2NO2S. The first-order valence-corrected chi connectivity index (χ1v) is 10.5. The maximum absolute atomic E-state index is 11.6. The van der Waals surface area contributed by atoms with Crippen molar-refractivity contribution < 1.29 is 9.90 Å². The fourth-order valence-electron chi connectivity index (χ4n) is 3.84. The minimum Gasteiger partial charge on any atom is -0.481 e. The standard InChI is InChI=1S/C21H19Cl2NO2S/c22-16-8-3-7-15(19(16)23)20(24-10-4-6-14(12-24)21(25)26)18-11-13-5-1-2-9-17(13)27-18/h1-3,5,7-9,11,14,20H,4,6,10,12H2,(H,25,26). The van der Waals surface area contributed by atoms with Crippen LogP contribution >= 0.6 is 34.5 Å². The molecule has 1 aliphatic heterocycles. The number of piperidine rings is 1. The second kappa shape index (κ2) is 7.80. The Morgan fingerprint density at radius 2 is 2.00 bits per heavy atom. The number of hydrogen-bond donors (Lipinski definition) is 1. The third-order valence-electron chi connectivity index (χ3n) is 5.16. The topological polar surface area (TPSA) is 40.5 Å². The molecule has 6 heteroatoms. The first kappa shape index (κ1) is 18.8. The lowest BCUT2D eigenvalue weighted by Gasteiger charge is -2.37. The summed E-state index contributed by atoms with van der Waals surface area (Å²) in [7, 11) is 0. The number of aliphatic carboxylic acids is 1. The predicted molar refractivity (Wildman–Crippen MR) is 112 cm³/mol. The summed E-state index contributed by atoms with van der Waals surface area (Å²) in [5.41, 5.74) is 0.932. The normalized spacial score (nSPS) is 19.3. The number of thiophene rings is 1. The summed E-state index contributed by atoms with van der Waals surface area (Å²) in [4.78, 5) is 15.0. The first-order chi connectivity index (χ1) is 13.0. The van der Waals surface area contributed by atoms with Gasteiger partial charge in [0.15, 0.2) is 0 Å². The van der Waals surface area contributed by atoms with E-state index in [0.29, 0.717) is 23.0 Å². The van der Waals surface area contributed by atoms with Crippen LogP contribution in [0, 0.1) is 5.92 Å². The van der Waals surface area contributed by atoms with E-state index in [1.165, 1.54) is 10.1 Å². The molecule has 27 heavy (non-hydrogen) atoms. The Morgan fingerprint density at radius 1 is 1.19 bits per heavy atom. The number of carboxylic acid groups (broad SMARTS) is 1. The van der Waals surface area contributed by atoms with Gasteiger partial charge in [0.2, 0.25) is 0 Å². The fourth-order valence-corrected chi connectivity index (χ4v) is 5.47. The van der Waals surface area contributed by atoms with E-state index in [2.05, 4.69) is 23.1 Å². The largest absolute Gasteiger partial charge is 0.481 e. The highest BCUT2D eigenvalue weighted by Crippen LogP contribution is 2.42. The average Bonchev–Trinajstić information content (AvgIpc) is 3.09. The van der Waals surface area contributed by atoms with E-state index in [0.717, 1.165) is 23.4 Å². The number of carboxylic acids is 1. The van der Waals surface area contributed by atoms with E-state index in [-0.39, 0.29) is 12.0 Å². The maximum Gasteiger partial charge on any atom is 0.307 e. The number of carbonyl (C=O) groups is 1. The van der Waals surface area contributed by atoms with E-state index in [1.54, 1.807) is 17.4 Å². The maximum atomic E-state index is 11.6. The quantitative estimate of drug-likeness (QED) is 0.555. The van der Waals surface area contributed by atoms with Gasteiger partial charge >= 0.3 is 5.97 Å². The van der Waals surface area contributed by atoms with Crippen molar-refractivity contribution in [1.29, 1.82) is 0 Å². The zero-order valence-electron chi connectivity index (χ0n) is 14.6. The van der Waals surface area contributed by atoms with Crippen molar-refractivity contribution in [2.24, 2.45) is 5.92 Å². The molecule has 4 rings (SSSR count). The molecule has 1 saturated heterocycles. The molecule has 2 heterocycles. The summed E-state index contributed by atoms with van der Waals surface area (Å²) in [5, 5.41) is 11.8. The molecule has 2 unspecified atom stereocenters. The Balaban J connectivity index is 1.82. The highest BCUT2D eigenvalue weighted by Gasteiger charge is 2.33. The third kappa shape index (κ3) is 3.72. The summed E-state index contributed by atoms with van der Waals surface area (Å²) >= 11 is 14.6. The molecule has 0 bridgehead atoms. The van der Waals surface area contributed by atoms with Gasteiger partial charge in [0.05, 0.1) is 22.0 Å². The van der Waals surface area contributed by atoms with Gasteiger partial charge in [-0.1, -0.05) is 53.5 Å². The number of rotatable bonds is 4. The molecule has 1 N–H and O–H groups in total. The monoisotopic (exact) mass is 419 g/mol. The van der Waals surface area contributed by atoms with Gasteiger partial charge in [0.25, 0.3) is 0 Å². The lowest BCUT2D eigenvalue weighted by Crippen LogP contribution is -2.41. The van der Waals surface area contributed by atoms with Crippen LogP contribution in [0.1, 0.15) is 29.3 Å². The number of halogens is 2. The van der Waals surface area contributed by atoms with E-state index in [1.807, 2.05) is 24.3 Å². The molecule has 3 nitrogen and oxygen atoms in total. The van der Waals surface area contributed by atoms with Crippen LogP contribution in [0.2, 0.25) is 10.0 Å². The van der Waals surface area contributed by atoms with Crippen molar-refractivity contribution in [3.63, 3.8) is 0 Å². The zero-order chi connectivity index (χ0) is 19.0. The first-order valence-electron chi connectivity index (χ1n) is 8.94. The molecule has 1 aliphatic rings. The fraction of sp³-hybridized carbons (Fsp3) is 0.286. The number of likely N-dealkylation sites (tertiary alicyclic amines) is 1. The van der Waals surface area contributed by atoms with E-state index in [9.17, 15) is 9.90 Å². The van der Waals surface area contributed by atoms with E-state index in [4.69, 9.17) is 23.2 Å². The van der Waals surface area contributed by atoms with Crippen LogP contribution in [-0.4, -0.2) is 29.1 Å². The van der Waals surface area contributed by atoms with Gasteiger partial charge in [-0.2, -0.15) is 0 Å². The Morgan fingerprint density at radius 3 is 2.78 bits per heavy atom. The molecule has 0 amide bonds. The molecule has 0 radical (unpaired) electrons. The number of benzene rings is 2. The van der Waals surface area contributed by atoms with Gasteiger partial charge in [-0.3, -0.25) is 9.69 Å². The van der Waals surface area contributed by atoms with Crippen molar-refractivity contribution in [2.75, 3.05) is 13.1 Å². The SMILES string of the molecule is O=C(O)C1CCCN(C(c2cc3ccccc3s2)c2cccc(Cl)c2Cl)C1. The number of nitrogens with zero attached hydrogens (tertiary/aromatic N) is 1. The molecule has 1 fully saturated rings. The van der Waals surface area contributed by atoms with Crippen LogP contribution in [0.4, 0.5) is 0 Å². The van der Waals surface area contributed by atoms with Crippen LogP contribution in [0.15, 0.2) is 48.5 Å². The molecular weight excluding hydrogens is 401 g/mol. The number of fused-ring (bicyclic) bond motifs is 1. The lowest BCUT2D eigenvalue weighted by atomic mass is 9.94. The summed E-state index contributed by atoms with van der Waals surface area (Å²) < 4.78 is 1.21. The van der Waals surface area contributed by atoms with Gasteiger partial charge in [-0.05, 0) is 48.5 Å². The molecule has 2 atom stereocenters. The van der Waals surface area contributed by atoms with Crippen LogP contribution in [0.5, 0.6) is 0 Å². The average molecular weight is 420 g/mol. The predicted octanol–water partition coefficient (Wildman–Crippen LogP) is 6.09. The Bertz CT molecular complexity index is 954. The second-order valence-electron chi connectivity index (χ2n) is 6.90. The van der Waals surface area contributed by atoms with Crippen molar-refractivity contribution in [2.45, 2.75) is 18.9 Å². The van der Waals surface area contributed by atoms with Crippen LogP contribution < -0.4 is 0 Å². The number of hydrogen-bond acceptors (Lipinski definition) is 3.